The Kier molecular flexibility index (Phi) is 3.10. The number of hydrogen-bond donors (Lipinski definition) is 2. The van der Waals surface area contributed by atoms with Crippen LogP contribution in [0, 0.1) is 10.1 Å². The standard InChI is InChI=1S/C7H7F2N3O3/c8-7(9)6-3(2-13)4(12(14)15)1-5(10)11-6/h1,7,13H,2H2,(H2,10,11). The molecule has 0 saturated heterocycles. The summed E-state index contributed by atoms with van der Waals surface area (Å²) in [5.41, 5.74) is 3.11. The van der Waals surface area contributed by atoms with Crippen LogP contribution in [0.4, 0.5) is 20.3 Å². The van der Waals surface area contributed by atoms with Crippen LogP contribution in [-0.4, -0.2) is 15.0 Å². The highest BCUT2D eigenvalue weighted by Crippen LogP contribution is 2.29. The third-order valence-corrected chi connectivity index (χ3v) is 1.71. The molecule has 1 aromatic rings. The quantitative estimate of drug-likeness (QED) is 0.583. The highest BCUT2D eigenvalue weighted by Gasteiger charge is 2.24. The minimum Gasteiger partial charge on any atom is -0.391 e. The first-order chi connectivity index (χ1) is 6.97. The number of rotatable bonds is 3. The van der Waals surface area contributed by atoms with E-state index in [2.05, 4.69) is 4.98 Å². The van der Waals surface area contributed by atoms with E-state index in [1.165, 1.54) is 0 Å². The molecule has 0 bridgehead atoms. The number of halogens is 2. The highest BCUT2D eigenvalue weighted by atomic mass is 19.3. The zero-order valence-corrected chi connectivity index (χ0v) is 7.35. The molecule has 0 atom stereocenters. The van der Waals surface area contributed by atoms with E-state index < -0.39 is 34.9 Å². The predicted molar refractivity (Wildman–Crippen MR) is 46.2 cm³/mol. The van der Waals surface area contributed by atoms with Crippen LogP contribution < -0.4 is 5.73 Å². The Morgan fingerprint density at radius 3 is 2.67 bits per heavy atom. The average Bonchev–Trinajstić information content (AvgIpc) is 2.16. The van der Waals surface area contributed by atoms with E-state index in [9.17, 15) is 18.9 Å². The average molecular weight is 219 g/mol. The van der Waals surface area contributed by atoms with Gasteiger partial charge >= 0.3 is 0 Å². The summed E-state index contributed by atoms with van der Waals surface area (Å²) in [5.74, 6) is -0.380. The summed E-state index contributed by atoms with van der Waals surface area (Å²) in [4.78, 5) is 12.8. The second kappa shape index (κ2) is 4.13. The summed E-state index contributed by atoms with van der Waals surface area (Å²) in [7, 11) is 0. The molecular weight excluding hydrogens is 212 g/mol. The minimum atomic E-state index is -3.02. The zero-order chi connectivity index (χ0) is 11.6. The Balaban J connectivity index is 3.45. The van der Waals surface area contributed by atoms with Crippen molar-refractivity contribution < 1.29 is 18.8 Å². The summed E-state index contributed by atoms with van der Waals surface area (Å²) in [6.45, 7) is -0.886. The van der Waals surface area contributed by atoms with Crippen molar-refractivity contribution in [1.29, 1.82) is 0 Å². The van der Waals surface area contributed by atoms with E-state index in [4.69, 9.17) is 10.8 Å². The molecule has 1 aromatic heterocycles. The lowest BCUT2D eigenvalue weighted by Gasteiger charge is -2.06. The van der Waals surface area contributed by atoms with Gasteiger partial charge in [0, 0.05) is 0 Å². The van der Waals surface area contributed by atoms with Gasteiger partial charge in [-0.05, 0) is 0 Å². The third kappa shape index (κ3) is 2.15. The summed E-state index contributed by atoms with van der Waals surface area (Å²) in [6.07, 6.45) is -3.02. The van der Waals surface area contributed by atoms with Crippen LogP contribution in [0.25, 0.3) is 0 Å². The van der Waals surface area contributed by atoms with Crippen LogP contribution in [-0.2, 0) is 6.61 Å². The minimum absolute atomic E-state index is 0.380. The first kappa shape index (κ1) is 11.2. The lowest BCUT2D eigenvalue weighted by atomic mass is 10.1. The largest absolute Gasteiger partial charge is 0.391 e. The second-order valence-electron chi connectivity index (χ2n) is 2.65. The number of aliphatic hydroxyl groups is 1. The van der Waals surface area contributed by atoms with Crippen molar-refractivity contribution in [2.24, 2.45) is 0 Å². The predicted octanol–water partition coefficient (Wildman–Crippen LogP) is 1.00. The first-order valence-electron chi connectivity index (χ1n) is 3.80. The highest BCUT2D eigenvalue weighted by molar-refractivity contribution is 5.50. The van der Waals surface area contributed by atoms with E-state index in [0.717, 1.165) is 6.07 Å². The van der Waals surface area contributed by atoms with Gasteiger partial charge in [0.1, 0.15) is 11.5 Å². The number of aromatic nitrogens is 1. The SMILES string of the molecule is Nc1cc([N+](=O)[O-])c(CO)c(C(F)F)n1. The fourth-order valence-corrected chi connectivity index (χ4v) is 1.10. The van der Waals surface area contributed by atoms with Crippen LogP contribution in [0.5, 0.6) is 0 Å². The Bertz CT molecular complexity index is 397. The summed E-state index contributed by atoms with van der Waals surface area (Å²) in [6, 6.07) is 0.831. The fourth-order valence-electron chi connectivity index (χ4n) is 1.10. The first-order valence-corrected chi connectivity index (χ1v) is 3.80. The Hall–Kier alpha value is -1.83. The molecule has 6 nitrogen and oxygen atoms in total. The van der Waals surface area contributed by atoms with Gasteiger partial charge in [-0.3, -0.25) is 10.1 Å². The molecule has 15 heavy (non-hydrogen) atoms. The molecule has 0 unspecified atom stereocenters. The van der Waals surface area contributed by atoms with E-state index in [-0.39, 0.29) is 5.82 Å². The van der Waals surface area contributed by atoms with Crippen LogP contribution in [0.1, 0.15) is 17.7 Å². The van der Waals surface area contributed by atoms with Crippen molar-refractivity contribution >= 4 is 11.5 Å². The van der Waals surface area contributed by atoms with Crippen molar-refractivity contribution in [3.63, 3.8) is 0 Å². The summed E-state index contributed by atoms with van der Waals surface area (Å²) < 4.78 is 24.8. The number of nitro groups is 1. The lowest BCUT2D eigenvalue weighted by Crippen LogP contribution is -2.06. The zero-order valence-electron chi connectivity index (χ0n) is 7.35. The van der Waals surface area contributed by atoms with Crippen molar-refractivity contribution in [3.05, 3.63) is 27.4 Å². The van der Waals surface area contributed by atoms with Crippen LogP contribution >= 0.6 is 0 Å². The number of alkyl halides is 2. The number of nitrogens with zero attached hydrogens (tertiary/aromatic N) is 2. The Labute approximate surface area is 82.5 Å². The van der Waals surface area contributed by atoms with Gasteiger partial charge in [-0.25, -0.2) is 13.8 Å². The Morgan fingerprint density at radius 2 is 2.27 bits per heavy atom. The van der Waals surface area contributed by atoms with Gasteiger partial charge in [0.15, 0.2) is 0 Å². The van der Waals surface area contributed by atoms with Gasteiger partial charge in [-0.1, -0.05) is 0 Å². The van der Waals surface area contributed by atoms with Gasteiger partial charge < -0.3 is 10.8 Å². The molecule has 0 amide bonds. The maximum absolute atomic E-state index is 12.4. The smallest absolute Gasteiger partial charge is 0.281 e. The topological polar surface area (TPSA) is 102 Å². The number of hydrogen-bond acceptors (Lipinski definition) is 5. The molecule has 0 aliphatic rings. The van der Waals surface area contributed by atoms with Gasteiger partial charge in [0.05, 0.1) is 23.2 Å². The number of aliphatic hydroxyl groups excluding tert-OH is 1. The van der Waals surface area contributed by atoms with E-state index in [1.807, 2.05) is 0 Å². The van der Waals surface area contributed by atoms with Crippen molar-refractivity contribution in [2.75, 3.05) is 5.73 Å². The molecule has 8 heteroatoms. The summed E-state index contributed by atoms with van der Waals surface area (Å²) >= 11 is 0. The van der Waals surface area contributed by atoms with Crippen LogP contribution in [0.3, 0.4) is 0 Å². The Morgan fingerprint density at radius 1 is 1.67 bits per heavy atom. The molecule has 0 aliphatic heterocycles. The normalized spacial score (nSPS) is 10.7. The maximum atomic E-state index is 12.4. The fraction of sp³-hybridized carbons (Fsp3) is 0.286. The molecular formula is C7H7F2N3O3. The van der Waals surface area contributed by atoms with E-state index in [1.54, 1.807) is 0 Å². The lowest BCUT2D eigenvalue weighted by molar-refractivity contribution is -0.386. The van der Waals surface area contributed by atoms with E-state index >= 15 is 0 Å². The van der Waals surface area contributed by atoms with Gasteiger partial charge in [-0.15, -0.1) is 0 Å². The molecule has 1 rings (SSSR count). The molecule has 0 aliphatic carbocycles. The molecule has 0 spiro atoms. The molecule has 3 N–H and O–H groups in total. The van der Waals surface area contributed by atoms with E-state index in [0.29, 0.717) is 0 Å². The van der Waals surface area contributed by atoms with Crippen LogP contribution in [0.2, 0.25) is 0 Å². The number of nitrogen functional groups attached to an aromatic ring is 1. The monoisotopic (exact) mass is 219 g/mol. The molecule has 0 aromatic carbocycles. The number of pyridine rings is 1. The van der Waals surface area contributed by atoms with Crippen molar-refractivity contribution in [2.45, 2.75) is 13.0 Å². The van der Waals surface area contributed by atoms with Gasteiger partial charge in [0.25, 0.3) is 12.1 Å². The van der Waals surface area contributed by atoms with Gasteiger partial charge in [-0.2, -0.15) is 0 Å². The second-order valence-corrected chi connectivity index (χ2v) is 2.65. The van der Waals surface area contributed by atoms with Gasteiger partial charge in [0.2, 0.25) is 0 Å². The maximum Gasteiger partial charge on any atom is 0.281 e. The number of anilines is 1. The molecule has 82 valence electrons. The molecule has 1 heterocycles. The number of nitrogens with two attached hydrogens (primary N) is 1. The molecule has 0 radical (unpaired) electrons. The third-order valence-electron chi connectivity index (χ3n) is 1.71. The molecule has 0 fully saturated rings. The van der Waals surface area contributed by atoms with Crippen molar-refractivity contribution in [1.82, 2.24) is 4.98 Å². The summed E-state index contributed by atoms with van der Waals surface area (Å²) in [5, 5.41) is 19.2. The molecule has 0 saturated carbocycles. The van der Waals surface area contributed by atoms with Crippen LogP contribution in [0.15, 0.2) is 6.07 Å². The van der Waals surface area contributed by atoms with Crippen molar-refractivity contribution in [3.8, 4) is 0 Å².